The Kier molecular flexibility index (Phi) is 6.46. The Morgan fingerprint density at radius 2 is 1.77 bits per heavy atom. The summed E-state index contributed by atoms with van der Waals surface area (Å²) >= 11 is 0. The minimum atomic E-state index is -4.12. The lowest BCUT2D eigenvalue weighted by Crippen LogP contribution is -2.14. The zero-order chi connectivity index (χ0) is 22.4. The molecule has 0 saturated carbocycles. The van der Waals surface area contributed by atoms with Gasteiger partial charge in [-0.15, -0.1) is 0 Å². The van der Waals surface area contributed by atoms with Crippen LogP contribution in [0.1, 0.15) is 5.56 Å². The number of ether oxygens (including phenoxy) is 1. The third kappa shape index (κ3) is 5.34. The third-order valence-corrected chi connectivity index (χ3v) is 5.46. The Labute approximate surface area is 177 Å². The molecular formula is C20H17FN4O5S. The molecule has 9 nitrogen and oxygen atoms in total. The standard InChI is InChI=1S/C20H17FN4O5S/c1-30-20-5-3-2-4-18(20)24-31(28,29)16-10-11-17(19(12-16)25(26)27)23-22-13-14-6-8-15(21)9-7-14/h2-13,23-24H,1H3. The molecule has 3 rings (SSSR count). The molecule has 0 heterocycles. The SMILES string of the molecule is COc1ccccc1NS(=O)(=O)c1ccc(NN=Cc2ccc(F)cc2)c([N+](=O)[O-])c1. The van der Waals surface area contributed by atoms with E-state index in [1.165, 1.54) is 55.8 Å². The van der Waals surface area contributed by atoms with Crippen LogP contribution in [0.2, 0.25) is 0 Å². The van der Waals surface area contributed by atoms with Gasteiger partial charge in [0, 0.05) is 6.07 Å². The average Bonchev–Trinajstić information content (AvgIpc) is 2.75. The number of nitro benzene ring substituents is 1. The maximum absolute atomic E-state index is 12.9. The molecule has 0 atom stereocenters. The second kappa shape index (κ2) is 9.22. The van der Waals surface area contributed by atoms with Crippen LogP contribution < -0.4 is 14.9 Å². The number of nitrogens with zero attached hydrogens (tertiary/aromatic N) is 2. The molecule has 11 heteroatoms. The van der Waals surface area contributed by atoms with E-state index in [-0.39, 0.29) is 16.3 Å². The minimum absolute atomic E-state index is 0.0143. The minimum Gasteiger partial charge on any atom is -0.495 e. The lowest BCUT2D eigenvalue weighted by atomic mass is 10.2. The van der Waals surface area contributed by atoms with Crippen LogP contribution in [0.3, 0.4) is 0 Å². The van der Waals surface area contributed by atoms with Crippen LogP contribution in [0.4, 0.5) is 21.5 Å². The number of methoxy groups -OCH3 is 1. The number of rotatable bonds is 8. The van der Waals surface area contributed by atoms with Crippen LogP contribution in [0.15, 0.2) is 76.7 Å². The monoisotopic (exact) mass is 444 g/mol. The first kappa shape index (κ1) is 21.7. The van der Waals surface area contributed by atoms with Crippen molar-refractivity contribution in [2.24, 2.45) is 5.10 Å². The van der Waals surface area contributed by atoms with Gasteiger partial charge in [-0.05, 0) is 42.0 Å². The molecule has 0 aliphatic heterocycles. The van der Waals surface area contributed by atoms with Crippen molar-refractivity contribution in [3.8, 4) is 5.75 Å². The van der Waals surface area contributed by atoms with E-state index in [0.29, 0.717) is 11.3 Å². The molecule has 0 saturated heterocycles. The highest BCUT2D eigenvalue weighted by molar-refractivity contribution is 7.92. The fraction of sp³-hybridized carbons (Fsp3) is 0.0500. The number of nitro groups is 1. The molecule has 160 valence electrons. The van der Waals surface area contributed by atoms with E-state index in [1.54, 1.807) is 18.2 Å². The van der Waals surface area contributed by atoms with Crippen molar-refractivity contribution in [3.63, 3.8) is 0 Å². The predicted octanol–water partition coefficient (Wildman–Crippen LogP) is 3.99. The second-order valence-corrected chi connectivity index (χ2v) is 7.85. The highest BCUT2D eigenvalue weighted by atomic mass is 32.2. The Morgan fingerprint density at radius 3 is 2.45 bits per heavy atom. The number of halogens is 1. The topological polar surface area (TPSA) is 123 Å². The Hall–Kier alpha value is -3.99. The first-order valence-corrected chi connectivity index (χ1v) is 10.3. The van der Waals surface area contributed by atoms with Gasteiger partial charge in [0.2, 0.25) is 0 Å². The highest BCUT2D eigenvalue weighted by Gasteiger charge is 2.22. The van der Waals surface area contributed by atoms with E-state index in [4.69, 9.17) is 4.74 Å². The van der Waals surface area contributed by atoms with E-state index >= 15 is 0 Å². The summed E-state index contributed by atoms with van der Waals surface area (Å²) in [5.41, 5.74) is 2.76. The van der Waals surface area contributed by atoms with Gasteiger partial charge in [0.05, 0.1) is 28.8 Å². The van der Waals surface area contributed by atoms with E-state index < -0.39 is 26.5 Å². The number of anilines is 2. The number of nitrogens with one attached hydrogen (secondary N) is 2. The van der Waals surface area contributed by atoms with Gasteiger partial charge in [-0.25, -0.2) is 12.8 Å². The predicted molar refractivity (Wildman–Crippen MR) is 115 cm³/mol. The summed E-state index contributed by atoms with van der Waals surface area (Å²) in [6.07, 6.45) is 1.34. The quantitative estimate of drug-likeness (QED) is 0.308. The van der Waals surface area contributed by atoms with E-state index in [2.05, 4.69) is 15.2 Å². The molecule has 2 N–H and O–H groups in total. The molecule has 0 aromatic heterocycles. The Balaban J connectivity index is 1.85. The van der Waals surface area contributed by atoms with Crippen LogP contribution in [-0.4, -0.2) is 26.7 Å². The summed E-state index contributed by atoms with van der Waals surface area (Å²) < 4.78 is 45.8. The van der Waals surface area contributed by atoms with Gasteiger partial charge in [0.15, 0.2) is 0 Å². The van der Waals surface area contributed by atoms with E-state index in [9.17, 15) is 22.9 Å². The van der Waals surface area contributed by atoms with Crippen LogP contribution in [0.25, 0.3) is 0 Å². The van der Waals surface area contributed by atoms with E-state index in [0.717, 1.165) is 6.07 Å². The molecule has 31 heavy (non-hydrogen) atoms. The van der Waals surface area contributed by atoms with Crippen LogP contribution in [0, 0.1) is 15.9 Å². The van der Waals surface area contributed by atoms with Crippen molar-refractivity contribution in [3.05, 3.63) is 88.2 Å². The third-order valence-electron chi connectivity index (χ3n) is 4.10. The average molecular weight is 444 g/mol. The molecule has 0 spiro atoms. The summed E-state index contributed by atoms with van der Waals surface area (Å²) in [6.45, 7) is 0. The molecular weight excluding hydrogens is 427 g/mol. The van der Waals surface area contributed by atoms with Gasteiger partial charge in [0.25, 0.3) is 15.7 Å². The number of sulfonamides is 1. The second-order valence-electron chi connectivity index (χ2n) is 6.16. The summed E-state index contributed by atoms with van der Waals surface area (Å²) in [7, 11) is -2.73. The molecule has 0 unspecified atom stereocenters. The first-order chi connectivity index (χ1) is 14.8. The molecule has 0 aliphatic carbocycles. The van der Waals surface area contributed by atoms with Gasteiger partial charge >= 0.3 is 0 Å². The number of hydrogen-bond donors (Lipinski definition) is 2. The molecule has 3 aromatic rings. The van der Waals surface area contributed by atoms with Gasteiger partial charge in [-0.1, -0.05) is 24.3 Å². The van der Waals surface area contributed by atoms with Gasteiger partial charge in [0.1, 0.15) is 17.3 Å². The fourth-order valence-electron chi connectivity index (χ4n) is 2.58. The summed E-state index contributed by atoms with van der Waals surface area (Å²) in [4.78, 5) is 10.4. The Morgan fingerprint density at radius 1 is 1.06 bits per heavy atom. The lowest BCUT2D eigenvalue weighted by molar-refractivity contribution is -0.384. The zero-order valence-corrected chi connectivity index (χ0v) is 17.0. The summed E-state index contributed by atoms with van der Waals surface area (Å²) in [5, 5.41) is 15.4. The van der Waals surface area contributed by atoms with Gasteiger partial charge in [-0.3, -0.25) is 20.3 Å². The van der Waals surface area contributed by atoms with Crippen LogP contribution >= 0.6 is 0 Å². The molecule has 0 aliphatic rings. The molecule has 3 aromatic carbocycles. The van der Waals surface area contributed by atoms with Crippen LogP contribution in [0.5, 0.6) is 5.75 Å². The van der Waals surface area contributed by atoms with Crippen molar-refractivity contribution in [2.45, 2.75) is 4.90 Å². The summed E-state index contributed by atoms with van der Waals surface area (Å²) in [6, 6.07) is 15.2. The van der Waals surface area contributed by atoms with Crippen molar-refractivity contribution >= 4 is 33.3 Å². The maximum atomic E-state index is 12.9. The Bertz CT molecular complexity index is 1230. The van der Waals surface area contributed by atoms with Crippen molar-refractivity contribution in [1.82, 2.24) is 0 Å². The van der Waals surface area contributed by atoms with Crippen molar-refractivity contribution in [1.29, 1.82) is 0 Å². The van der Waals surface area contributed by atoms with E-state index in [1.807, 2.05) is 0 Å². The van der Waals surface area contributed by atoms with Crippen molar-refractivity contribution in [2.75, 3.05) is 17.3 Å². The number of benzene rings is 3. The largest absolute Gasteiger partial charge is 0.495 e. The smallest absolute Gasteiger partial charge is 0.295 e. The highest BCUT2D eigenvalue weighted by Crippen LogP contribution is 2.30. The van der Waals surface area contributed by atoms with Crippen molar-refractivity contribution < 1.29 is 22.5 Å². The normalized spacial score (nSPS) is 11.3. The fourth-order valence-corrected chi connectivity index (χ4v) is 3.67. The van der Waals surface area contributed by atoms with Gasteiger partial charge < -0.3 is 4.74 Å². The zero-order valence-electron chi connectivity index (χ0n) is 16.2. The lowest BCUT2D eigenvalue weighted by Gasteiger charge is -2.12. The molecule has 0 fully saturated rings. The molecule has 0 bridgehead atoms. The van der Waals surface area contributed by atoms with Crippen LogP contribution in [-0.2, 0) is 10.0 Å². The first-order valence-electron chi connectivity index (χ1n) is 8.79. The van der Waals surface area contributed by atoms with Gasteiger partial charge in [-0.2, -0.15) is 5.10 Å². The number of para-hydroxylation sites is 2. The summed E-state index contributed by atoms with van der Waals surface area (Å²) in [5.74, 6) is -0.103. The maximum Gasteiger partial charge on any atom is 0.295 e. The number of hydrazone groups is 1. The number of hydrogen-bond acceptors (Lipinski definition) is 7. The molecule has 0 amide bonds. The molecule has 0 radical (unpaired) electrons.